The predicted molar refractivity (Wildman–Crippen MR) is 41.0 cm³/mol. The highest BCUT2D eigenvalue weighted by molar-refractivity contribution is 6.65. The van der Waals surface area contributed by atoms with Gasteiger partial charge in [-0.25, -0.2) is 0 Å². The fourth-order valence-electron chi connectivity index (χ4n) is 1.42. The van der Waals surface area contributed by atoms with E-state index >= 15 is 0 Å². The van der Waals surface area contributed by atoms with Crippen LogP contribution < -0.4 is 5.32 Å². The molecule has 4 heteroatoms. The molecular weight excluding hydrogens is 150 g/mol. The van der Waals surface area contributed by atoms with Crippen molar-refractivity contribution >= 4 is 16.8 Å². The first-order chi connectivity index (χ1) is 4.86. The number of nitrogens with one attached hydrogen (secondary N) is 1. The van der Waals surface area contributed by atoms with Crippen LogP contribution in [0.4, 0.5) is 0 Å². The lowest BCUT2D eigenvalue weighted by atomic mass is 10.2. The maximum atomic E-state index is 5.76. The molecule has 2 heterocycles. The number of rotatable bonds is 0. The van der Waals surface area contributed by atoms with E-state index in [0.29, 0.717) is 6.17 Å². The van der Waals surface area contributed by atoms with Gasteiger partial charge in [-0.2, -0.15) is 5.10 Å². The minimum absolute atomic E-state index is 0.461. The fourth-order valence-corrected chi connectivity index (χ4v) is 1.63. The first kappa shape index (κ1) is 6.43. The third-order valence-corrected chi connectivity index (χ3v) is 2.21. The highest BCUT2D eigenvalue weighted by Gasteiger charge is 2.25. The number of hydrogen-bond acceptors (Lipinski definition) is 3. The minimum atomic E-state index is 0.461. The van der Waals surface area contributed by atoms with Crippen LogP contribution in [0.25, 0.3) is 0 Å². The summed E-state index contributed by atoms with van der Waals surface area (Å²) in [5, 5.41) is 10.3. The number of hydrazone groups is 1. The van der Waals surface area contributed by atoms with Crippen molar-refractivity contribution in [3.05, 3.63) is 0 Å². The minimum Gasteiger partial charge on any atom is -0.294 e. The van der Waals surface area contributed by atoms with Gasteiger partial charge in [0.05, 0.1) is 12.7 Å². The zero-order chi connectivity index (χ0) is 6.97. The normalized spacial score (nSPS) is 31.9. The van der Waals surface area contributed by atoms with Gasteiger partial charge in [-0.3, -0.25) is 10.3 Å². The van der Waals surface area contributed by atoms with Gasteiger partial charge < -0.3 is 0 Å². The fraction of sp³-hybridized carbons (Fsp3) is 0.833. The van der Waals surface area contributed by atoms with Gasteiger partial charge in [-0.15, -0.1) is 0 Å². The molecule has 0 radical (unpaired) electrons. The summed E-state index contributed by atoms with van der Waals surface area (Å²) in [4.78, 5) is 0. The van der Waals surface area contributed by atoms with E-state index in [1.807, 2.05) is 5.01 Å². The Kier molecular flexibility index (Phi) is 1.54. The average molecular weight is 160 g/mol. The summed E-state index contributed by atoms with van der Waals surface area (Å²) in [6.45, 7) is 2.04. The average Bonchev–Trinajstić information content (AvgIpc) is 2.33. The second-order valence-corrected chi connectivity index (χ2v) is 3.08. The summed E-state index contributed by atoms with van der Waals surface area (Å²) in [7, 11) is 0. The van der Waals surface area contributed by atoms with Gasteiger partial charge in [0.2, 0.25) is 0 Å². The van der Waals surface area contributed by atoms with Crippen molar-refractivity contribution in [1.82, 2.24) is 10.3 Å². The molecule has 1 unspecified atom stereocenters. The van der Waals surface area contributed by atoms with E-state index in [-0.39, 0.29) is 0 Å². The van der Waals surface area contributed by atoms with Crippen molar-refractivity contribution in [3.63, 3.8) is 0 Å². The van der Waals surface area contributed by atoms with Crippen molar-refractivity contribution in [2.75, 3.05) is 13.1 Å². The molecule has 0 spiro atoms. The molecule has 0 amide bonds. The summed E-state index contributed by atoms with van der Waals surface area (Å²) in [5.41, 5.74) is 0. The standard InChI is InChI=1S/C6H10ClN3/c7-5-1-2-6-8-3-4-10(6)9-5/h6,8H,1-4H2. The molecule has 0 aromatic heterocycles. The Balaban J connectivity index is 2.13. The van der Waals surface area contributed by atoms with Crippen LogP contribution in [0.15, 0.2) is 5.10 Å². The van der Waals surface area contributed by atoms with Crippen LogP contribution >= 0.6 is 11.6 Å². The Bertz CT molecular complexity index is 168. The van der Waals surface area contributed by atoms with Gasteiger partial charge in [0, 0.05) is 13.0 Å². The second kappa shape index (κ2) is 2.40. The van der Waals surface area contributed by atoms with E-state index in [1.54, 1.807) is 0 Å². The Labute approximate surface area is 65.0 Å². The van der Waals surface area contributed by atoms with Crippen LogP contribution in [0.3, 0.4) is 0 Å². The summed E-state index contributed by atoms with van der Waals surface area (Å²) < 4.78 is 0. The summed E-state index contributed by atoms with van der Waals surface area (Å²) in [5.74, 6) is 0. The number of halogens is 1. The van der Waals surface area contributed by atoms with Crippen molar-refractivity contribution < 1.29 is 0 Å². The molecule has 0 aromatic rings. The molecule has 1 atom stereocenters. The number of nitrogens with zero attached hydrogens (tertiary/aromatic N) is 2. The third-order valence-electron chi connectivity index (χ3n) is 1.94. The largest absolute Gasteiger partial charge is 0.294 e. The topological polar surface area (TPSA) is 27.6 Å². The zero-order valence-corrected chi connectivity index (χ0v) is 6.43. The smallest absolute Gasteiger partial charge is 0.126 e. The Morgan fingerprint density at radius 1 is 1.70 bits per heavy atom. The van der Waals surface area contributed by atoms with Crippen LogP contribution in [0.1, 0.15) is 12.8 Å². The zero-order valence-electron chi connectivity index (χ0n) is 5.68. The van der Waals surface area contributed by atoms with Gasteiger partial charge in [0.25, 0.3) is 0 Å². The van der Waals surface area contributed by atoms with Crippen molar-refractivity contribution in [1.29, 1.82) is 0 Å². The van der Waals surface area contributed by atoms with Crippen molar-refractivity contribution in [3.8, 4) is 0 Å². The van der Waals surface area contributed by atoms with E-state index in [1.165, 1.54) is 0 Å². The number of hydrogen-bond donors (Lipinski definition) is 1. The highest BCUT2D eigenvalue weighted by atomic mass is 35.5. The molecule has 1 N–H and O–H groups in total. The molecule has 1 saturated heterocycles. The van der Waals surface area contributed by atoms with Gasteiger partial charge in [0.15, 0.2) is 0 Å². The molecule has 10 heavy (non-hydrogen) atoms. The molecule has 2 rings (SSSR count). The van der Waals surface area contributed by atoms with Crippen molar-refractivity contribution in [2.24, 2.45) is 5.10 Å². The molecule has 2 aliphatic heterocycles. The van der Waals surface area contributed by atoms with Gasteiger partial charge >= 0.3 is 0 Å². The van der Waals surface area contributed by atoms with E-state index in [4.69, 9.17) is 11.6 Å². The van der Waals surface area contributed by atoms with E-state index in [2.05, 4.69) is 10.4 Å². The molecule has 0 aliphatic carbocycles. The number of fused-ring (bicyclic) bond motifs is 1. The Morgan fingerprint density at radius 3 is 3.50 bits per heavy atom. The van der Waals surface area contributed by atoms with E-state index in [9.17, 15) is 0 Å². The van der Waals surface area contributed by atoms with Gasteiger partial charge in [0.1, 0.15) is 5.17 Å². The molecule has 56 valence electrons. The lowest BCUT2D eigenvalue weighted by Crippen LogP contribution is -2.35. The van der Waals surface area contributed by atoms with E-state index in [0.717, 1.165) is 31.1 Å². The quantitative estimate of drug-likeness (QED) is 0.560. The van der Waals surface area contributed by atoms with Gasteiger partial charge in [-0.05, 0) is 6.42 Å². The first-order valence-corrected chi connectivity index (χ1v) is 3.97. The lowest BCUT2D eigenvalue weighted by Gasteiger charge is -2.25. The predicted octanol–water partition coefficient (Wildman–Crippen LogP) is 0.564. The molecule has 0 bridgehead atoms. The van der Waals surface area contributed by atoms with Crippen LogP contribution in [0.5, 0.6) is 0 Å². The molecule has 0 aromatic carbocycles. The van der Waals surface area contributed by atoms with Crippen LogP contribution in [0, 0.1) is 0 Å². The summed E-state index contributed by atoms with van der Waals surface area (Å²) in [6.07, 6.45) is 2.49. The highest BCUT2D eigenvalue weighted by Crippen LogP contribution is 2.17. The SMILES string of the molecule is ClC1=NN2CCNC2CC1. The maximum absolute atomic E-state index is 5.76. The lowest BCUT2D eigenvalue weighted by molar-refractivity contribution is 0.231. The van der Waals surface area contributed by atoms with Crippen LogP contribution in [0.2, 0.25) is 0 Å². The molecule has 3 nitrogen and oxygen atoms in total. The molecule has 1 fully saturated rings. The Hall–Kier alpha value is -0.280. The van der Waals surface area contributed by atoms with E-state index < -0.39 is 0 Å². The van der Waals surface area contributed by atoms with Crippen LogP contribution in [-0.2, 0) is 0 Å². The summed E-state index contributed by atoms with van der Waals surface area (Å²) in [6, 6.07) is 0. The second-order valence-electron chi connectivity index (χ2n) is 2.65. The molecular formula is C6H10ClN3. The first-order valence-electron chi connectivity index (χ1n) is 3.59. The van der Waals surface area contributed by atoms with Crippen molar-refractivity contribution in [2.45, 2.75) is 19.0 Å². The third kappa shape index (κ3) is 0.995. The van der Waals surface area contributed by atoms with Crippen LogP contribution in [-0.4, -0.2) is 29.4 Å². The maximum Gasteiger partial charge on any atom is 0.126 e. The molecule has 2 aliphatic rings. The Morgan fingerprint density at radius 2 is 2.60 bits per heavy atom. The van der Waals surface area contributed by atoms with Gasteiger partial charge in [-0.1, -0.05) is 11.6 Å². The molecule has 0 saturated carbocycles. The summed E-state index contributed by atoms with van der Waals surface area (Å²) >= 11 is 5.76. The monoisotopic (exact) mass is 159 g/mol.